The number of hydrogen-bond acceptors (Lipinski definition) is 6. The predicted octanol–water partition coefficient (Wildman–Crippen LogP) is 2.08. The number of thioether (sulfide) groups is 1. The van der Waals surface area contributed by atoms with Gasteiger partial charge >= 0.3 is 0 Å². The normalized spacial score (nSPS) is 10.6. The van der Waals surface area contributed by atoms with Crippen molar-refractivity contribution in [3.05, 3.63) is 23.4 Å². The highest BCUT2D eigenvalue weighted by atomic mass is 35.5. The number of hydrogen-bond donors (Lipinski definition) is 1. The van der Waals surface area contributed by atoms with Crippen LogP contribution in [0.5, 0.6) is 0 Å². The Morgan fingerprint density at radius 2 is 2.28 bits per heavy atom. The van der Waals surface area contributed by atoms with Crippen molar-refractivity contribution in [1.29, 1.82) is 0 Å². The Kier molecular flexibility index (Phi) is 4.38. The van der Waals surface area contributed by atoms with Gasteiger partial charge in [0.15, 0.2) is 11.0 Å². The van der Waals surface area contributed by atoms with Crippen molar-refractivity contribution in [3.63, 3.8) is 0 Å². The summed E-state index contributed by atoms with van der Waals surface area (Å²) in [6, 6.07) is 1.69. The van der Waals surface area contributed by atoms with Crippen molar-refractivity contribution in [2.75, 3.05) is 11.6 Å². The molecule has 0 fully saturated rings. The number of halogens is 1. The van der Waals surface area contributed by atoms with Gasteiger partial charge in [-0.05, 0) is 13.2 Å². The Bertz CT molecular complexity index is 529. The summed E-state index contributed by atoms with van der Waals surface area (Å²) in [6.45, 7) is 3.43. The van der Waals surface area contributed by atoms with E-state index in [9.17, 15) is 0 Å². The first-order chi connectivity index (χ1) is 8.72. The summed E-state index contributed by atoms with van der Waals surface area (Å²) in [5, 5.41) is 12.1. The lowest BCUT2D eigenvalue weighted by molar-refractivity contribution is 0.706. The van der Waals surface area contributed by atoms with Gasteiger partial charge in [-0.3, -0.25) is 0 Å². The lowest BCUT2D eigenvalue weighted by Crippen LogP contribution is -2.09. The van der Waals surface area contributed by atoms with Gasteiger partial charge in [-0.2, -0.15) is 0 Å². The molecule has 0 aliphatic carbocycles. The van der Waals surface area contributed by atoms with Crippen molar-refractivity contribution >= 4 is 29.2 Å². The minimum atomic E-state index is 0.425. The summed E-state index contributed by atoms with van der Waals surface area (Å²) in [6.07, 6.45) is 3.61. The van der Waals surface area contributed by atoms with Gasteiger partial charge in [0, 0.05) is 12.6 Å². The van der Waals surface area contributed by atoms with Gasteiger partial charge in [0.1, 0.15) is 17.3 Å². The van der Waals surface area contributed by atoms with Crippen LogP contribution in [0.2, 0.25) is 5.15 Å². The number of nitrogens with one attached hydrogen (secondary N) is 1. The van der Waals surface area contributed by atoms with Gasteiger partial charge in [-0.25, -0.2) is 9.97 Å². The van der Waals surface area contributed by atoms with Gasteiger partial charge in [0.2, 0.25) is 0 Å². The third-order valence-corrected chi connectivity index (χ3v) is 3.06. The Labute approximate surface area is 114 Å². The standard InChI is InChI=1S/C10H13ClN6S/c1-3-17-6-13-16-9(17)5-12-8-4-7(11)14-10(15-8)18-2/h4,6H,3,5H2,1-2H3,(H,12,14,15). The van der Waals surface area contributed by atoms with E-state index in [2.05, 4.69) is 25.5 Å². The molecule has 0 radical (unpaired) electrons. The molecule has 0 aliphatic heterocycles. The van der Waals surface area contributed by atoms with E-state index in [1.807, 2.05) is 17.7 Å². The quantitative estimate of drug-likeness (QED) is 0.515. The Balaban J connectivity index is 2.08. The molecule has 1 N–H and O–H groups in total. The first-order valence-electron chi connectivity index (χ1n) is 5.42. The zero-order valence-corrected chi connectivity index (χ0v) is 11.7. The summed E-state index contributed by atoms with van der Waals surface area (Å²) in [7, 11) is 0. The summed E-state index contributed by atoms with van der Waals surface area (Å²) >= 11 is 7.36. The summed E-state index contributed by atoms with van der Waals surface area (Å²) < 4.78 is 1.96. The van der Waals surface area contributed by atoms with Gasteiger partial charge in [-0.1, -0.05) is 23.4 Å². The van der Waals surface area contributed by atoms with Crippen LogP contribution in [-0.4, -0.2) is 31.0 Å². The van der Waals surface area contributed by atoms with Crippen molar-refractivity contribution in [1.82, 2.24) is 24.7 Å². The Morgan fingerprint density at radius 3 is 3.00 bits per heavy atom. The number of rotatable bonds is 5. The third kappa shape index (κ3) is 3.11. The van der Waals surface area contributed by atoms with Crippen LogP contribution in [0.1, 0.15) is 12.7 Å². The van der Waals surface area contributed by atoms with E-state index in [1.165, 1.54) is 11.8 Å². The zero-order chi connectivity index (χ0) is 13.0. The predicted molar refractivity (Wildman–Crippen MR) is 71.8 cm³/mol. The van der Waals surface area contributed by atoms with E-state index in [4.69, 9.17) is 11.6 Å². The zero-order valence-electron chi connectivity index (χ0n) is 10.1. The molecule has 6 nitrogen and oxygen atoms in total. The third-order valence-electron chi connectivity index (χ3n) is 2.32. The summed E-state index contributed by atoms with van der Waals surface area (Å²) in [5.74, 6) is 1.54. The molecular formula is C10H13ClN6S. The van der Waals surface area contributed by atoms with E-state index in [-0.39, 0.29) is 0 Å². The van der Waals surface area contributed by atoms with Gasteiger partial charge in [0.25, 0.3) is 0 Å². The van der Waals surface area contributed by atoms with E-state index >= 15 is 0 Å². The summed E-state index contributed by atoms with van der Waals surface area (Å²) in [4.78, 5) is 8.38. The number of aryl methyl sites for hydroxylation is 1. The maximum absolute atomic E-state index is 5.91. The second-order valence-corrected chi connectivity index (χ2v) is 4.61. The van der Waals surface area contributed by atoms with Crippen molar-refractivity contribution in [2.45, 2.75) is 25.2 Å². The van der Waals surface area contributed by atoms with Crippen LogP contribution >= 0.6 is 23.4 Å². The molecule has 0 unspecified atom stereocenters. The highest BCUT2D eigenvalue weighted by molar-refractivity contribution is 7.98. The van der Waals surface area contributed by atoms with Crippen LogP contribution in [0.4, 0.5) is 5.82 Å². The van der Waals surface area contributed by atoms with Crippen LogP contribution in [0.25, 0.3) is 0 Å². The van der Waals surface area contributed by atoms with Crippen LogP contribution in [0.15, 0.2) is 17.6 Å². The molecule has 2 aromatic rings. The topological polar surface area (TPSA) is 68.5 Å². The SMILES string of the molecule is CCn1cnnc1CNc1cc(Cl)nc(SC)n1. The molecule has 8 heteroatoms. The number of anilines is 1. The van der Waals surface area contributed by atoms with Crippen LogP contribution in [-0.2, 0) is 13.1 Å². The summed E-state index contributed by atoms with van der Waals surface area (Å²) in [5.41, 5.74) is 0. The fourth-order valence-electron chi connectivity index (χ4n) is 1.43. The van der Waals surface area contributed by atoms with Gasteiger partial charge in [-0.15, -0.1) is 10.2 Å². The molecule has 2 heterocycles. The average Bonchev–Trinajstić information content (AvgIpc) is 2.83. The van der Waals surface area contributed by atoms with E-state index < -0.39 is 0 Å². The minimum Gasteiger partial charge on any atom is -0.363 e. The van der Waals surface area contributed by atoms with E-state index in [1.54, 1.807) is 12.4 Å². The molecular weight excluding hydrogens is 272 g/mol. The van der Waals surface area contributed by atoms with Crippen LogP contribution < -0.4 is 5.32 Å². The molecule has 2 rings (SSSR count). The van der Waals surface area contributed by atoms with Gasteiger partial charge < -0.3 is 9.88 Å². The average molecular weight is 285 g/mol. The smallest absolute Gasteiger partial charge is 0.190 e. The lowest BCUT2D eigenvalue weighted by Gasteiger charge is -2.07. The molecule has 0 spiro atoms. The highest BCUT2D eigenvalue weighted by Crippen LogP contribution is 2.17. The van der Waals surface area contributed by atoms with E-state index in [0.717, 1.165) is 12.4 Å². The molecule has 0 saturated carbocycles. The van der Waals surface area contributed by atoms with Crippen molar-refractivity contribution in [2.24, 2.45) is 0 Å². The fraction of sp³-hybridized carbons (Fsp3) is 0.400. The molecule has 2 aromatic heterocycles. The van der Waals surface area contributed by atoms with Gasteiger partial charge in [0.05, 0.1) is 6.54 Å². The molecule has 0 aromatic carbocycles. The van der Waals surface area contributed by atoms with Crippen LogP contribution in [0, 0.1) is 0 Å². The highest BCUT2D eigenvalue weighted by Gasteiger charge is 2.05. The maximum Gasteiger partial charge on any atom is 0.190 e. The molecule has 96 valence electrons. The van der Waals surface area contributed by atoms with Crippen LogP contribution in [0.3, 0.4) is 0 Å². The van der Waals surface area contributed by atoms with Crippen molar-refractivity contribution < 1.29 is 0 Å². The largest absolute Gasteiger partial charge is 0.363 e. The second kappa shape index (κ2) is 6.01. The van der Waals surface area contributed by atoms with Crippen molar-refractivity contribution in [3.8, 4) is 0 Å². The maximum atomic E-state index is 5.91. The van der Waals surface area contributed by atoms with E-state index in [0.29, 0.717) is 22.7 Å². The fourth-order valence-corrected chi connectivity index (χ4v) is 2.04. The lowest BCUT2D eigenvalue weighted by atomic mass is 10.5. The number of aromatic nitrogens is 5. The molecule has 0 atom stereocenters. The Hall–Kier alpha value is -1.34. The molecule has 0 amide bonds. The Morgan fingerprint density at radius 1 is 1.44 bits per heavy atom. The minimum absolute atomic E-state index is 0.425. The molecule has 18 heavy (non-hydrogen) atoms. The molecule has 0 aliphatic rings. The monoisotopic (exact) mass is 284 g/mol. The second-order valence-electron chi connectivity index (χ2n) is 3.45. The first-order valence-corrected chi connectivity index (χ1v) is 7.02. The first kappa shape index (κ1) is 13.1. The molecule has 0 saturated heterocycles. The molecule has 0 bridgehead atoms. The number of nitrogens with zero attached hydrogens (tertiary/aromatic N) is 5.